The van der Waals surface area contributed by atoms with Crippen LogP contribution in [0.3, 0.4) is 0 Å². The van der Waals surface area contributed by atoms with E-state index in [0.29, 0.717) is 18.7 Å². The predicted octanol–water partition coefficient (Wildman–Crippen LogP) is 3.08. The number of aryl methyl sites for hydroxylation is 2. The maximum atomic E-state index is 13.0. The first-order valence-corrected chi connectivity index (χ1v) is 11.4. The molecule has 0 saturated carbocycles. The molecule has 1 aromatic heterocycles. The van der Waals surface area contributed by atoms with Crippen molar-refractivity contribution in [3.63, 3.8) is 0 Å². The van der Waals surface area contributed by atoms with Crippen LogP contribution in [0.15, 0.2) is 34.0 Å². The standard InChI is InChI=1S/C20H26N4O5S/c1-14-11-15(2)22-20(25)17(14)13-21-18-8-7-16(12-19(18)24(26)27)30(28,29)23-9-5-3-4-6-10-23/h7-8,11-12,21H,3-6,9-10,13H2,1-2H3,(H,22,25). The fraction of sp³-hybridized carbons (Fsp3) is 0.450. The minimum absolute atomic E-state index is 0.0838. The van der Waals surface area contributed by atoms with Crippen LogP contribution < -0.4 is 10.9 Å². The van der Waals surface area contributed by atoms with E-state index >= 15 is 0 Å². The van der Waals surface area contributed by atoms with Gasteiger partial charge in [-0.15, -0.1) is 0 Å². The summed E-state index contributed by atoms with van der Waals surface area (Å²) in [4.78, 5) is 25.8. The van der Waals surface area contributed by atoms with E-state index in [1.165, 1.54) is 16.4 Å². The van der Waals surface area contributed by atoms with E-state index in [1.54, 1.807) is 13.8 Å². The lowest BCUT2D eigenvalue weighted by Gasteiger charge is -2.20. The van der Waals surface area contributed by atoms with Crippen molar-refractivity contribution in [3.05, 3.63) is 61.6 Å². The average molecular weight is 435 g/mol. The number of nitrogens with zero attached hydrogens (tertiary/aromatic N) is 2. The molecule has 162 valence electrons. The Morgan fingerprint density at radius 2 is 1.80 bits per heavy atom. The predicted molar refractivity (Wildman–Crippen MR) is 114 cm³/mol. The van der Waals surface area contributed by atoms with Crippen LogP contribution in [0, 0.1) is 24.0 Å². The van der Waals surface area contributed by atoms with E-state index in [0.717, 1.165) is 43.0 Å². The molecular formula is C20H26N4O5S. The molecule has 1 aromatic carbocycles. The molecule has 0 atom stereocenters. The van der Waals surface area contributed by atoms with Crippen LogP contribution in [-0.4, -0.2) is 35.7 Å². The van der Waals surface area contributed by atoms with Crippen LogP contribution in [0.4, 0.5) is 11.4 Å². The lowest BCUT2D eigenvalue weighted by molar-refractivity contribution is -0.384. The number of anilines is 1. The first-order valence-electron chi connectivity index (χ1n) is 9.92. The van der Waals surface area contributed by atoms with E-state index in [4.69, 9.17) is 0 Å². The molecule has 0 amide bonds. The van der Waals surface area contributed by atoms with Gasteiger partial charge in [0.1, 0.15) is 5.69 Å². The van der Waals surface area contributed by atoms with Gasteiger partial charge >= 0.3 is 0 Å². The number of aromatic nitrogens is 1. The van der Waals surface area contributed by atoms with Crippen molar-refractivity contribution in [1.82, 2.24) is 9.29 Å². The number of nitro groups is 1. The third kappa shape index (κ3) is 4.71. The molecule has 0 spiro atoms. The van der Waals surface area contributed by atoms with Crippen molar-refractivity contribution in [2.75, 3.05) is 18.4 Å². The number of hydrogen-bond acceptors (Lipinski definition) is 6. The smallest absolute Gasteiger partial charge is 0.293 e. The zero-order valence-corrected chi connectivity index (χ0v) is 17.9. The van der Waals surface area contributed by atoms with Crippen LogP contribution in [0.25, 0.3) is 0 Å². The van der Waals surface area contributed by atoms with Crippen molar-refractivity contribution < 1.29 is 13.3 Å². The Kier molecular flexibility index (Phi) is 6.57. The van der Waals surface area contributed by atoms with E-state index < -0.39 is 14.9 Å². The quantitative estimate of drug-likeness (QED) is 0.532. The van der Waals surface area contributed by atoms with Gasteiger partial charge in [0.2, 0.25) is 10.0 Å². The van der Waals surface area contributed by atoms with Crippen LogP contribution in [0.1, 0.15) is 42.5 Å². The summed E-state index contributed by atoms with van der Waals surface area (Å²) in [5, 5.41) is 14.5. The number of rotatable bonds is 6. The number of aromatic amines is 1. The summed E-state index contributed by atoms with van der Waals surface area (Å²) in [7, 11) is -3.80. The first-order chi connectivity index (χ1) is 14.2. The molecule has 2 aromatic rings. The molecule has 2 N–H and O–H groups in total. The lowest BCUT2D eigenvalue weighted by Crippen LogP contribution is -2.32. The van der Waals surface area contributed by atoms with Crippen LogP contribution >= 0.6 is 0 Å². The number of nitrogens with one attached hydrogen (secondary N) is 2. The normalized spacial score (nSPS) is 15.5. The topological polar surface area (TPSA) is 125 Å². The van der Waals surface area contributed by atoms with Gasteiger partial charge in [0.15, 0.2) is 0 Å². The second kappa shape index (κ2) is 8.97. The Hall–Kier alpha value is -2.72. The summed E-state index contributed by atoms with van der Waals surface area (Å²) in [6.45, 7) is 4.50. The van der Waals surface area contributed by atoms with Gasteiger partial charge in [0.05, 0.1) is 9.82 Å². The molecule has 0 bridgehead atoms. The summed E-state index contributed by atoms with van der Waals surface area (Å²) in [5.74, 6) is 0. The molecule has 30 heavy (non-hydrogen) atoms. The number of benzene rings is 1. The number of nitro benzene ring substituents is 1. The van der Waals surface area contributed by atoms with Crippen molar-refractivity contribution >= 4 is 21.4 Å². The zero-order valence-electron chi connectivity index (χ0n) is 17.1. The van der Waals surface area contributed by atoms with Crippen molar-refractivity contribution in [2.45, 2.75) is 51.0 Å². The molecule has 3 rings (SSSR count). The number of pyridine rings is 1. The molecular weight excluding hydrogens is 408 g/mol. The molecule has 1 aliphatic rings. The first kappa shape index (κ1) is 22.0. The Morgan fingerprint density at radius 3 is 2.40 bits per heavy atom. The molecule has 0 radical (unpaired) electrons. The highest BCUT2D eigenvalue weighted by atomic mass is 32.2. The van der Waals surface area contributed by atoms with Crippen LogP contribution in [0.2, 0.25) is 0 Å². The highest BCUT2D eigenvalue weighted by Gasteiger charge is 2.28. The molecule has 2 heterocycles. The molecule has 1 aliphatic heterocycles. The van der Waals surface area contributed by atoms with E-state index in [9.17, 15) is 23.3 Å². The maximum absolute atomic E-state index is 13.0. The fourth-order valence-corrected chi connectivity index (χ4v) is 5.23. The SMILES string of the molecule is Cc1cc(C)c(CNc2ccc(S(=O)(=O)N3CCCCCC3)cc2[N+](=O)[O-])c(=O)[nH]1. The van der Waals surface area contributed by atoms with Crippen LogP contribution in [0.5, 0.6) is 0 Å². The van der Waals surface area contributed by atoms with Crippen molar-refractivity contribution in [2.24, 2.45) is 0 Å². The van der Waals surface area contributed by atoms with Gasteiger partial charge < -0.3 is 10.3 Å². The Bertz CT molecular complexity index is 1100. The van der Waals surface area contributed by atoms with Gasteiger partial charge in [0.25, 0.3) is 11.2 Å². The zero-order chi connectivity index (χ0) is 21.9. The second-order valence-electron chi connectivity index (χ2n) is 7.55. The molecule has 1 fully saturated rings. The fourth-order valence-electron chi connectivity index (χ4n) is 3.69. The summed E-state index contributed by atoms with van der Waals surface area (Å²) in [6, 6.07) is 5.68. The van der Waals surface area contributed by atoms with Gasteiger partial charge in [-0.2, -0.15) is 4.31 Å². The van der Waals surface area contributed by atoms with Gasteiger partial charge in [-0.25, -0.2) is 8.42 Å². The Labute approximate surface area is 175 Å². The summed E-state index contributed by atoms with van der Waals surface area (Å²) in [6.07, 6.45) is 3.52. The summed E-state index contributed by atoms with van der Waals surface area (Å²) >= 11 is 0. The van der Waals surface area contributed by atoms with Gasteiger partial charge in [0, 0.05) is 37.0 Å². The minimum atomic E-state index is -3.80. The third-order valence-corrected chi connectivity index (χ3v) is 7.21. The summed E-state index contributed by atoms with van der Waals surface area (Å²) in [5.41, 5.74) is 1.53. The largest absolute Gasteiger partial charge is 0.375 e. The summed E-state index contributed by atoms with van der Waals surface area (Å²) < 4.78 is 27.3. The third-order valence-electron chi connectivity index (χ3n) is 5.32. The number of H-pyrrole nitrogens is 1. The van der Waals surface area contributed by atoms with Crippen molar-refractivity contribution in [1.29, 1.82) is 0 Å². The molecule has 9 nitrogen and oxygen atoms in total. The highest BCUT2D eigenvalue weighted by Crippen LogP contribution is 2.30. The van der Waals surface area contributed by atoms with E-state index in [2.05, 4.69) is 10.3 Å². The van der Waals surface area contributed by atoms with Gasteiger partial charge in [-0.1, -0.05) is 12.8 Å². The Balaban J connectivity index is 1.89. The molecule has 0 aliphatic carbocycles. The monoisotopic (exact) mass is 434 g/mol. The minimum Gasteiger partial charge on any atom is -0.375 e. The van der Waals surface area contributed by atoms with Gasteiger partial charge in [-0.3, -0.25) is 14.9 Å². The average Bonchev–Trinajstić information content (AvgIpc) is 2.97. The second-order valence-corrected chi connectivity index (χ2v) is 9.49. The number of hydrogen-bond donors (Lipinski definition) is 2. The van der Waals surface area contributed by atoms with Gasteiger partial charge in [-0.05, 0) is 50.5 Å². The molecule has 0 unspecified atom stereocenters. The Morgan fingerprint density at radius 1 is 1.13 bits per heavy atom. The van der Waals surface area contributed by atoms with E-state index in [1.807, 2.05) is 6.07 Å². The van der Waals surface area contributed by atoms with E-state index in [-0.39, 0.29) is 28.4 Å². The molecule has 1 saturated heterocycles. The molecule has 10 heteroatoms. The van der Waals surface area contributed by atoms with Crippen molar-refractivity contribution in [3.8, 4) is 0 Å². The highest BCUT2D eigenvalue weighted by molar-refractivity contribution is 7.89. The number of sulfonamides is 1. The van der Waals surface area contributed by atoms with Crippen LogP contribution in [-0.2, 0) is 16.6 Å². The lowest BCUT2D eigenvalue weighted by atomic mass is 10.1. The maximum Gasteiger partial charge on any atom is 0.293 e.